The van der Waals surface area contributed by atoms with Gasteiger partial charge in [0.05, 0.1) is 24.2 Å². The van der Waals surface area contributed by atoms with Gasteiger partial charge in [0.2, 0.25) is 5.95 Å². The zero-order valence-corrected chi connectivity index (χ0v) is 20.5. The SMILES string of the molecule is CC(C)c1nc2ccccc2n1-c1nc(N2CCOCC2)c2nc(C3(O)CCCNC3)n(C)c2n1. The van der Waals surface area contributed by atoms with Gasteiger partial charge in [-0.25, -0.2) is 9.97 Å². The van der Waals surface area contributed by atoms with Crippen LogP contribution in [-0.4, -0.2) is 73.6 Å². The third kappa shape index (κ3) is 3.67. The molecule has 2 N–H and O–H groups in total. The monoisotopic (exact) mass is 476 g/mol. The van der Waals surface area contributed by atoms with Crippen LogP contribution in [0, 0.1) is 0 Å². The minimum atomic E-state index is -1.04. The van der Waals surface area contributed by atoms with Crippen molar-refractivity contribution in [2.45, 2.75) is 38.2 Å². The highest BCUT2D eigenvalue weighted by molar-refractivity contribution is 5.86. The molecular formula is C25H32N8O2. The van der Waals surface area contributed by atoms with Gasteiger partial charge in [-0.05, 0) is 31.5 Å². The number of β-amino-alcohol motifs (C(OH)–C–C–N with tert-alkyl or cyclic N) is 1. The lowest BCUT2D eigenvalue weighted by Gasteiger charge is -2.31. The van der Waals surface area contributed by atoms with E-state index in [1.165, 1.54) is 0 Å². The quantitative estimate of drug-likeness (QED) is 0.462. The topological polar surface area (TPSA) is 106 Å². The van der Waals surface area contributed by atoms with Gasteiger partial charge < -0.3 is 24.6 Å². The Labute approximate surface area is 204 Å². The van der Waals surface area contributed by atoms with Gasteiger partial charge in [0, 0.05) is 32.6 Å². The normalized spacial score (nSPS) is 21.5. The number of para-hydroxylation sites is 2. The second kappa shape index (κ2) is 8.54. The molecule has 2 aliphatic heterocycles. The number of nitrogens with one attached hydrogen (secondary N) is 1. The van der Waals surface area contributed by atoms with Crippen LogP contribution >= 0.6 is 0 Å². The number of morpholine rings is 1. The van der Waals surface area contributed by atoms with E-state index < -0.39 is 5.60 Å². The number of aliphatic hydroxyl groups is 1. The van der Waals surface area contributed by atoms with Crippen LogP contribution in [0.4, 0.5) is 5.82 Å². The standard InChI is InChI=1S/C25H32N8O2/c1-16(2)20-27-17-7-4-5-8-18(17)33(20)24-29-21-19(22(30-24)32-11-13-35-14-12-32)28-23(31(21)3)25(34)9-6-10-26-15-25/h4-5,7-8,16,26,34H,6,9-15H2,1-3H3. The molecule has 4 aromatic rings. The maximum Gasteiger partial charge on any atom is 0.239 e. The van der Waals surface area contributed by atoms with Crippen molar-refractivity contribution in [2.24, 2.45) is 7.05 Å². The number of fused-ring (bicyclic) bond motifs is 2. The molecule has 10 heteroatoms. The molecule has 5 heterocycles. The average molecular weight is 477 g/mol. The molecule has 1 atom stereocenters. The fraction of sp³-hybridized carbons (Fsp3) is 0.520. The van der Waals surface area contributed by atoms with E-state index in [9.17, 15) is 5.11 Å². The Kier molecular flexibility index (Phi) is 5.46. The number of aromatic nitrogens is 6. The minimum absolute atomic E-state index is 0.185. The number of benzene rings is 1. The first-order valence-electron chi connectivity index (χ1n) is 12.4. The van der Waals surface area contributed by atoms with Crippen LogP contribution in [0.3, 0.4) is 0 Å². The molecule has 0 aliphatic carbocycles. The van der Waals surface area contributed by atoms with E-state index in [0.29, 0.717) is 49.1 Å². The molecule has 2 fully saturated rings. The van der Waals surface area contributed by atoms with E-state index in [4.69, 9.17) is 24.7 Å². The van der Waals surface area contributed by atoms with Crippen LogP contribution in [0.1, 0.15) is 44.3 Å². The molecule has 1 unspecified atom stereocenters. The van der Waals surface area contributed by atoms with E-state index in [1.54, 1.807) is 0 Å². The third-order valence-corrected chi connectivity index (χ3v) is 7.08. The van der Waals surface area contributed by atoms with E-state index >= 15 is 0 Å². The molecule has 0 saturated carbocycles. The first-order chi connectivity index (χ1) is 17.0. The number of anilines is 1. The summed E-state index contributed by atoms with van der Waals surface area (Å²) in [6, 6.07) is 8.09. The Hall–Kier alpha value is -3.08. The molecule has 0 spiro atoms. The number of ether oxygens (including phenoxy) is 1. The molecule has 0 bridgehead atoms. The third-order valence-electron chi connectivity index (χ3n) is 7.08. The minimum Gasteiger partial charge on any atom is -0.381 e. The van der Waals surface area contributed by atoms with Crippen molar-refractivity contribution >= 4 is 28.0 Å². The van der Waals surface area contributed by atoms with E-state index in [1.807, 2.05) is 29.8 Å². The van der Waals surface area contributed by atoms with Gasteiger partial charge in [0.1, 0.15) is 17.2 Å². The van der Waals surface area contributed by atoms with Gasteiger partial charge in [-0.1, -0.05) is 26.0 Å². The number of imidazole rings is 2. The lowest BCUT2D eigenvalue weighted by molar-refractivity contribution is 0.00190. The zero-order chi connectivity index (χ0) is 24.2. The Bertz CT molecular complexity index is 1380. The van der Waals surface area contributed by atoms with Gasteiger partial charge in [-0.2, -0.15) is 9.97 Å². The second-order valence-corrected chi connectivity index (χ2v) is 9.87. The Morgan fingerprint density at radius 2 is 1.89 bits per heavy atom. The van der Waals surface area contributed by atoms with E-state index in [2.05, 4.69) is 34.7 Å². The van der Waals surface area contributed by atoms with Crippen LogP contribution in [0.2, 0.25) is 0 Å². The summed E-state index contributed by atoms with van der Waals surface area (Å²) in [5.41, 5.74) is 2.27. The highest BCUT2D eigenvalue weighted by atomic mass is 16.5. The summed E-state index contributed by atoms with van der Waals surface area (Å²) in [5, 5.41) is 14.8. The Morgan fingerprint density at radius 3 is 2.63 bits per heavy atom. The summed E-state index contributed by atoms with van der Waals surface area (Å²) in [6.45, 7) is 8.37. The molecule has 6 rings (SSSR count). The maximum absolute atomic E-state index is 11.5. The van der Waals surface area contributed by atoms with Crippen LogP contribution in [0.5, 0.6) is 0 Å². The molecule has 1 aromatic carbocycles. The summed E-state index contributed by atoms with van der Waals surface area (Å²) in [6.07, 6.45) is 1.56. The average Bonchev–Trinajstić information content (AvgIpc) is 3.43. The van der Waals surface area contributed by atoms with Crippen molar-refractivity contribution in [1.82, 2.24) is 34.4 Å². The number of aryl methyl sites for hydroxylation is 1. The highest BCUT2D eigenvalue weighted by Crippen LogP contribution is 2.34. The molecule has 35 heavy (non-hydrogen) atoms. The predicted molar refractivity (Wildman–Crippen MR) is 134 cm³/mol. The zero-order valence-electron chi connectivity index (χ0n) is 20.5. The van der Waals surface area contributed by atoms with Crippen LogP contribution < -0.4 is 10.2 Å². The Morgan fingerprint density at radius 1 is 1.09 bits per heavy atom. The van der Waals surface area contributed by atoms with Crippen molar-refractivity contribution in [1.29, 1.82) is 0 Å². The van der Waals surface area contributed by atoms with Gasteiger partial charge in [-0.15, -0.1) is 0 Å². The largest absolute Gasteiger partial charge is 0.381 e. The van der Waals surface area contributed by atoms with Gasteiger partial charge in [-0.3, -0.25) is 4.57 Å². The lowest BCUT2D eigenvalue weighted by Crippen LogP contribution is -2.44. The van der Waals surface area contributed by atoms with E-state index in [-0.39, 0.29) is 5.92 Å². The molecule has 3 aromatic heterocycles. The van der Waals surface area contributed by atoms with Crippen molar-refractivity contribution in [2.75, 3.05) is 44.3 Å². The van der Waals surface area contributed by atoms with Crippen LogP contribution in [0.15, 0.2) is 24.3 Å². The van der Waals surface area contributed by atoms with Crippen LogP contribution in [-0.2, 0) is 17.4 Å². The first kappa shape index (κ1) is 22.4. The number of hydrogen-bond acceptors (Lipinski definition) is 8. The van der Waals surface area contributed by atoms with Gasteiger partial charge in [0.15, 0.2) is 17.0 Å². The molecule has 2 aliphatic rings. The summed E-state index contributed by atoms with van der Waals surface area (Å²) in [7, 11) is 1.94. The maximum atomic E-state index is 11.5. The molecule has 0 amide bonds. The Balaban J connectivity index is 1.62. The second-order valence-electron chi connectivity index (χ2n) is 9.87. The highest BCUT2D eigenvalue weighted by Gasteiger charge is 2.37. The summed E-state index contributed by atoms with van der Waals surface area (Å²) >= 11 is 0. The molecular weight excluding hydrogens is 444 g/mol. The lowest BCUT2D eigenvalue weighted by atomic mass is 9.93. The number of hydrogen-bond donors (Lipinski definition) is 2. The number of rotatable bonds is 4. The summed E-state index contributed by atoms with van der Waals surface area (Å²) in [5.74, 6) is 3.07. The van der Waals surface area contributed by atoms with Gasteiger partial charge in [0.25, 0.3) is 0 Å². The molecule has 184 valence electrons. The molecule has 2 saturated heterocycles. The number of piperidine rings is 1. The molecule has 0 radical (unpaired) electrons. The summed E-state index contributed by atoms with van der Waals surface area (Å²) in [4.78, 5) is 22.2. The van der Waals surface area contributed by atoms with Gasteiger partial charge >= 0.3 is 0 Å². The molecule has 10 nitrogen and oxygen atoms in total. The van der Waals surface area contributed by atoms with Crippen molar-refractivity contribution in [3.63, 3.8) is 0 Å². The van der Waals surface area contributed by atoms with Crippen molar-refractivity contribution < 1.29 is 9.84 Å². The smallest absolute Gasteiger partial charge is 0.239 e. The predicted octanol–water partition coefficient (Wildman–Crippen LogP) is 2.23. The fourth-order valence-electron chi connectivity index (χ4n) is 5.27. The van der Waals surface area contributed by atoms with Crippen LogP contribution in [0.25, 0.3) is 28.1 Å². The summed E-state index contributed by atoms with van der Waals surface area (Å²) < 4.78 is 9.61. The first-order valence-corrected chi connectivity index (χ1v) is 12.4. The fourth-order valence-corrected chi connectivity index (χ4v) is 5.27. The number of nitrogens with zero attached hydrogens (tertiary/aromatic N) is 7. The van der Waals surface area contributed by atoms with Crippen molar-refractivity contribution in [3.8, 4) is 5.95 Å². The van der Waals surface area contributed by atoms with E-state index in [0.717, 1.165) is 48.7 Å². The van der Waals surface area contributed by atoms with Crippen molar-refractivity contribution in [3.05, 3.63) is 35.9 Å².